The number of halogens is 4. The first-order chi connectivity index (χ1) is 9.95. The highest BCUT2D eigenvalue weighted by molar-refractivity contribution is 5.65. The van der Waals surface area contributed by atoms with Gasteiger partial charge in [0, 0.05) is 12.7 Å². The maximum Gasteiger partial charge on any atom is 0.170 e. The predicted octanol–water partition coefficient (Wildman–Crippen LogP) is 5.28. The molecule has 2 aromatic rings. The second-order valence-corrected chi connectivity index (χ2v) is 4.57. The lowest BCUT2D eigenvalue weighted by molar-refractivity contribution is 0.399. The molecule has 5 heteroatoms. The summed E-state index contributed by atoms with van der Waals surface area (Å²) in [5, 5.41) is 7.00. The van der Waals surface area contributed by atoms with Crippen molar-refractivity contribution < 1.29 is 22.7 Å². The van der Waals surface area contributed by atoms with Crippen molar-refractivity contribution in [2.45, 2.75) is 27.2 Å². The highest BCUT2D eigenvalue weighted by atomic mass is 19.2. The average molecular weight is 316 g/mol. The van der Waals surface area contributed by atoms with E-state index >= 15 is 0 Å². The molecule has 0 atom stereocenters. The Balaban J connectivity index is 0.00000141. The highest BCUT2D eigenvalue weighted by Gasteiger charge is 2.27. The molecule has 0 saturated heterocycles. The smallest absolute Gasteiger partial charge is 0.170 e. The van der Waals surface area contributed by atoms with Crippen LogP contribution in [-0.4, -0.2) is 12.2 Å². The van der Waals surface area contributed by atoms with Crippen molar-refractivity contribution in [1.29, 1.82) is 0 Å². The Hall–Kier alpha value is -1.88. The van der Waals surface area contributed by atoms with Crippen molar-refractivity contribution in [2.24, 2.45) is 0 Å². The Kier molecular flexibility index (Phi) is 7.81. The third-order valence-corrected chi connectivity index (χ3v) is 2.94. The van der Waals surface area contributed by atoms with E-state index in [2.05, 4.69) is 0 Å². The number of rotatable bonds is 2. The molecular formula is C17H20F4O. The van der Waals surface area contributed by atoms with Crippen molar-refractivity contribution in [2.75, 3.05) is 7.11 Å². The van der Waals surface area contributed by atoms with Gasteiger partial charge in [0.1, 0.15) is 0 Å². The minimum absolute atomic E-state index is 0. The summed E-state index contributed by atoms with van der Waals surface area (Å²) in [5.74, 6) is -6.00. The van der Waals surface area contributed by atoms with Crippen molar-refractivity contribution in [1.82, 2.24) is 0 Å². The Morgan fingerprint density at radius 1 is 0.773 bits per heavy atom. The van der Waals surface area contributed by atoms with Gasteiger partial charge in [-0.15, -0.1) is 0 Å². The van der Waals surface area contributed by atoms with Gasteiger partial charge >= 0.3 is 0 Å². The van der Waals surface area contributed by atoms with Crippen molar-refractivity contribution in [3.8, 4) is 11.1 Å². The molecule has 0 amide bonds. The molecule has 2 rings (SSSR count). The van der Waals surface area contributed by atoms with Gasteiger partial charge in [-0.1, -0.05) is 51.6 Å². The summed E-state index contributed by atoms with van der Waals surface area (Å²) < 4.78 is 55.7. The minimum atomic E-state index is -1.35. The quantitative estimate of drug-likeness (QED) is 0.590. The van der Waals surface area contributed by atoms with Crippen LogP contribution in [0, 0.1) is 23.3 Å². The topological polar surface area (TPSA) is 20.2 Å². The van der Waals surface area contributed by atoms with E-state index in [9.17, 15) is 17.6 Å². The van der Waals surface area contributed by atoms with Crippen LogP contribution in [0.15, 0.2) is 30.3 Å². The van der Waals surface area contributed by atoms with Gasteiger partial charge in [0.2, 0.25) is 0 Å². The summed E-state index contributed by atoms with van der Waals surface area (Å²) in [4.78, 5) is 0. The van der Waals surface area contributed by atoms with E-state index in [0.717, 1.165) is 7.11 Å². The summed E-state index contributed by atoms with van der Waals surface area (Å²) in [7, 11) is 1.00. The first-order valence-electron chi connectivity index (χ1n) is 6.31. The largest absolute Gasteiger partial charge is 0.400 e. The molecule has 22 heavy (non-hydrogen) atoms. The Morgan fingerprint density at radius 3 is 1.55 bits per heavy atom. The summed E-state index contributed by atoms with van der Waals surface area (Å²) in [6.45, 7) is 2.95. The van der Waals surface area contributed by atoms with Gasteiger partial charge < -0.3 is 5.11 Å². The van der Waals surface area contributed by atoms with E-state index in [1.807, 2.05) is 0 Å². The average Bonchev–Trinajstić information content (AvgIpc) is 2.48. The lowest BCUT2D eigenvalue weighted by atomic mass is 9.96. The molecule has 0 aliphatic heterocycles. The lowest BCUT2D eigenvalue weighted by Crippen LogP contribution is -2.07. The zero-order valence-corrected chi connectivity index (χ0v) is 11.9. The fourth-order valence-corrected chi connectivity index (χ4v) is 2.01. The second kappa shape index (κ2) is 8.54. The number of aliphatic hydroxyl groups excluding tert-OH is 1. The van der Waals surface area contributed by atoms with Gasteiger partial charge in [-0.2, -0.15) is 0 Å². The van der Waals surface area contributed by atoms with Crippen LogP contribution in [0.1, 0.15) is 32.8 Å². The molecule has 0 aromatic heterocycles. The number of hydrogen-bond donors (Lipinski definition) is 1. The summed E-state index contributed by atoms with van der Waals surface area (Å²) in [6, 6.07) is 7.53. The maximum atomic E-state index is 14.0. The SMILES string of the molecule is C.CC(C)c1c(F)c(F)c(-c2ccccc2)c(F)c1F.CO. The molecule has 1 nitrogen and oxygen atoms in total. The van der Waals surface area contributed by atoms with Gasteiger partial charge in [0.05, 0.1) is 5.56 Å². The van der Waals surface area contributed by atoms with E-state index in [1.54, 1.807) is 18.2 Å². The molecular weight excluding hydrogens is 296 g/mol. The van der Waals surface area contributed by atoms with Gasteiger partial charge in [-0.25, -0.2) is 17.6 Å². The van der Waals surface area contributed by atoms with Crippen LogP contribution in [0.4, 0.5) is 17.6 Å². The fraction of sp³-hybridized carbons (Fsp3) is 0.294. The van der Waals surface area contributed by atoms with Crippen LogP contribution in [0.2, 0.25) is 0 Å². The number of benzene rings is 2. The second-order valence-electron chi connectivity index (χ2n) is 4.57. The molecule has 0 aliphatic rings. The molecule has 2 aromatic carbocycles. The summed E-state index contributed by atoms with van der Waals surface area (Å²) in [5.41, 5.74) is -1.12. The summed E-state index contributed by atoms with van der Waals surface area (Å²) in [6.07, 6.45) is 0. The van der Waals surface area contributed by atoms with Gasteiger partial charge in [-0.3, -0.25) is 0 Å². The zero-order chi connectivity index (χ0) is 16.2. The highest BCUT2D eigenvalue weighted by Crippen LogP contribution is 2.34. The van der Waals surface area contributed by atoms with E-state index in [4.69, 9.17) is 5.11 Å². The molecule has 0 bridgehead atoms. The van der Waals surface area contributed by atoms with Crippen LogP contribution in [0.25, 0.3) is 11.1 Å². The Morgan fingerprint density at radius 2 is 1.18 bits per heavy atom. The van der Waals surface area contributed by atoms with Gasteiger partial charge in [0.15, 0.2) is 23.3 Å². The molecule has 122 valence electrons. The molecule has 0 heterocycles. The molecule has 0 saturated carbocycles. The lowest BCUT2D eigenvalue weighted by Gasteiger charge is -2.14. The monoisotopic (exact) mass is 316 g/mol. The first-order valence-corrected chi connectivity index (χ1v) is 6.31. The standard InChI is InChI=1S/C15H12F4.CH4O.CH4/c1-8(2)10-12(16)14(18)11(15(19)13(10)17)9-6-4-3-5-7-9;1-2;/h3-8H,1-2H3;2H,1H3;1H4. The molecule has 0 fully saturated rings. The van der Waals surface area contributed by atoms with Crippen LogP contribution < -0.4 is 0 Å². The van der Waals surface area contributed by atoms with Crippen molar-refractivity contribution in [3.63, 3.8) is 0 Å². The van der Waals surface area contributed by atoms with Crippen LogP contribution in [0.3, 0.4) is 0 Å². The summed E-state index contributed by atoms with van der Waals surface area (Å²) >= 11 is 0. The van der Waals surface area contributed by atoms with Gasteiger partial charge in [0.25, 0.3) is 0 Å². The van der Waals surface area contributed by atoms with Crippen LogP contribution in [-0.2, 0) is 0 Å². The Labute approximate surface area is 128 Å². The minimum Gasteiger partial charge on any atom is -0.400 e. The van der Waals surface area contributed by atoms with Gasteiger partial charge in [-0.05, 0) is 11.5 Å². The zero-order valence-electron chi connectivity index (χ0n) is 11.9. The van der Waals surface area contributed by atoms with Crippen LogP contribution >= 0.6 is 0 Å². The van der Waals surface area contributed by atoms with E-state index in [0.29, 0.717) is 0 Å². The number of hydrogen-bond acceptors (Lipinski definition) is 1. The van der Waals surface area contributed by atoms with E-state index in [1.165, 1.54) is 26.0 Å². The van der Waals surface area contributed by atoms with Crippen LogP contribution in [0.5, 0.6) is 0 Å². The first kappa shape index (κ1) is 20.1. The van der Waals surface area contributed by atoms with Crippen molar-refractivity contribution in [3.05, 3.63) is 59.2 Å². The van der Waals surface area contributed by atoms with E-state index in [-0.39, 0.29) is 13.0 Å². The molecule has 0 spiro atoms. The predicted molar refractivity (Wildman–Crippen MR) is 80.7 cm³/mol. The third kappa shape index (κ3) is 3.65. The third-order valence-electron chi connectivity index (χ3n) is 2.94. The number of aliphatic hydroxyl groups is 1. The Bertz CT molecular complexity index is 581. The fourth-order valence-electron chi connectivity index (χ4n) is 2.01. The molecule has 0 aliphatic carbocycles. The molecule has 1 N–H and O–H groups in total. The normalized spacial score (nSPS) is 9.86. The molecule has 0 unspecified atom stereocenters. The maximum absolute atomic E-state index is 14.0. The molecule has 0 radical (unpaired) electrons. The van der Waals surface area contributed by atoms with Crippen molar-refractivity contribution >= 4 is 0 Å². The van der Waals surface area contributed by atoms with E-state index < -0.39 is 40.3 Å².